The molecule has 6 heteroatoms. The third-order valence-electron chi connectivity index (χ3n) is 4.78. The van der Waals surface area contributed by atoms with E-state index in [4.69, 9.17) is 0 Å². The molecular formula is C16H30N2O4. The van der Waals surface area contributed by atoms with Crippen molar-refractivity contribution in [3.8, 4) is 0 Å². The first kappa shape index (κ1) is 17.7. The van der Waals surface area contributed by atoms with Crippen LogP contribution >= 0.6 is 0 Å². The Kier molecular flexibility index (Phi) is 6.62. The van der Waals surface area contributed by atoms with Gasteiger partial charge in [0.05, 0.1) is 24.9 Å². The molecule has 0 aromatic rings. The van der Waals surface area contributed by atoms with E-state index in [2.05, 4.69) is 12.2 Å². The summed E-state index contributed by atoms with van der Waals surface area (Å²) in [6, 6.07) is -0.592. The first-order chi connectivity index (χ1) is 10.6. The van der Waals surface area contributed by atoms with Crippen LogP contribution in [0.15, 0.2) is 0 Å². The highest BCUT2D eigenvalue weighted by Crippen LogP contribution is 2.28. The number of hydrogen-bond acceptors (Lipinski definition) is 5. The van der Waals surface area contributed by atoms with Gasteiger partial charge in [-0.15, -0.1) is 0 Å². The van der Waals surface area contributed by atoms with Gasteiger partial charge < -0.3 is 20.6 Å². The van der Waals surface area contributed by atoms with Crippen LogP contribution in [-0.2, 0) is 4.79 Å². The summed E-state index contributed by atoms with van der Waals surface area (Å²) in [5.74, 6) is -0.0732. The number of likely N-dealkylation sites (tertiary alicyclic amines) is 1. The Morgan fingerprint density at radius 2 is 1.82 bits per heavy atom. The van der Waals surface area contributed by atoms with Crippen molar-refractivity contribution in [1.29, 1.82) is 0 Å². The Morgan fingerprint density at radius 3 is 2.41 bits per heavy atom. The molecule has 0 spiro atoms. The molecule has 2 aliphatic rings. The Bertz CT molecular complexity index is 362. The lowest BCUT2D eigenvalue weighted by Crippen LogP contribution is -2.44. The smallest absolute Gasteiger partial charge is 0.221 e. The van der Waals surface area contributed by atoms with Crippen molar-refractivity contribution in [3.05, 3.63) is 0 Å². The Morgan fingerprint density at radius 1 is 1.14 bits per heavy atom. The number of carbonyl (C=O) groups excluding carboxylic acids is 1. The molecule has 4 atom stereocenters. The van der Waals surface area contributed by atoms with Gasteiger partial charge in [0.1, 0.15) is 0 Å². The average molecular weight is 314 g/mol. The largest absolute Gasteiger partial charge is 0.395 e. The molecule has 1 saturated carbocycles. The van der Waals surface area contributed by atoms with Crippen LogP contribution < -0.4 is 5.32 Å². The van der Waals surface area contributed by atoms with E-state index in [1.165, 1.54) is 0 Å². The molecule has 1 aliphatic heterocycles. The van der Waals surface area contributed by atoms with E-state index in [-0.39, 0.29) is 18.9 Å². The highest BCUT2D eigenvalue weighted by Gasteiger charge is 2.47. The fourth-order valence-corrected chi connectivity index (χ4v) is 3.30. The lowest BCUT2D eigenvalue weighted by atomic mass is 10.1. The molecule has 0 bridgehead atoms. The van der Waals surface area contributed by atoms with Gasteiger partial charge in [-0.3, -0.25) is 9.69 Å². The molecule has 2 fully saturated rings. The SMILES string of the molecule is CCCCCCN1C(CO)C(O)C(O)C1CC(=O)NC1CC1. The van der Waals surface area contributed by atoms with E-state index < -0.39 is 24.3 Å². The highest BCUT2D eigenvalue weighted by molar-refractivity contribution is 5.77. The van der Waals surface area contributed by atoms with Crippen LogP contribution in [0.25, 0.3) is 0 Å². The summed E-state index contributed by atoms with van der Waals surface area (Å²) in [5, 5.41) is 32.8. The van der Waals surface area contributed by atoms with E-state index in [0.717, 1.165) is 38.5 Å². The summed E-state index contributed by atoms with van der Waals surface area (Å²) in [4.78, 5) is 14.0. The first-order valence-corrected chi connectivity index (χ1v) is 8.60. The second-order valence-electron chi connectivity index (χ2n) is 6.64. The molecule has 2 rings (SSSR count). The fraction of sp³-hybridized carbons (Fsp3) is 0.938. The van der Waals surface area contributed by atoms with Gasteiger partial charge in [0.25, 0.3) is 0 Å². The van der Waals surface area contributed by atoms with Crippen molar-refractivity contribution in [2.45, 2.75) is 82.2 Å². The van der Waals surface area contributed by atoms with Gasteiger partial charge in [-0.05, 0) is 25.8 Å². The number of unbranched alkanes of at least 4 members (excludes halogenated alkanes) is 3. The molecule has 6 nitrogen and oxygen atoms in total. The fourth-order valence-electron chi connectivity index (χ4n) is 3.30. The van der Waals surface area contributed by atoms with Crippen LogP contribution in [0.1, 0.15) is 51.9 Å². The molecule has 0 aromatic heterocycles. The molecule has 128 valence electrons. The Labute approximate surface area is 132 Å². The van der Waals surface area contributed by atoms with Crippen molar-refractivity contribution < 1.29 is 20.1 Å². The van der Waals surface area contributed by atoms with Crippen LogP contribution in [0.3, 0.4) is 0 Å². The molecule has 0 radical (unpaired) electrons. The van der Waals surface area contributed by atoms with Crippen molar-refractivity contribution >= 4 is 5.91 Å². The van der Waals surface area contributed by atoms with Crippen molar-refractivity contribution in [3.63, 3.8) is 0 Å². The van der Waals surface area contributed by atoms with Crippen LogP contribution in [-0.4, -0.2) is 69.6 Å². The number of hydrogen-bond donors (Lipinski definition) is 4. The van der Waals surface area contributed by atoms with Crippen LogP contribution in [0.2, 0.25) is 0 Å². The molecule has 22 heavy (non-hydrogen) atoms. The third-order valence-corrected chi connectivity index (χ3v) is 4.78. The summed E-state index contributed by atoms with van der Waals surface area (Å²) in [5.41, 5.74) is 0. The first-order valence-electron chi connectivity index (χ1n) is 8.60. The molecule has 0 aromatic carbocycles. The zero-order chi connectivity index (χ0) is 16.1. The van der Waals surface area contributed by atoms with E-state index in [0.29, 0.717) is 12.6 Å². The number of rotatable bonds is 9. The Hall–Kier alpha value is -0.690. The standard InChI is InChI=1S/C16H30N2O4/c1-2-3-4-5-8-18-12(9-14(20)17-11-6-7-11)15(21)16(22)13(18)10-19/h11-13,15-16,19,21-22H,2-10H2,1H3,(H,17,20). The van der Waals surface area contributed by atoms with E-state index in [1.54, 1.807) is 0 Å². The van der Waals surface area contributed by atoms with E-state index in [1.807, 2.05) is 4.90 Å². The quantitative estimate of drug-likeness (QED) is 0.450. The number of carbonyl (C=O) groups is 1. The van der Waals surface area contributed by atoms with Crippen molar-refractivity contribution in [1.82, 2.24) is 10.2 Å². The minimum atomic E-state index is -0.991. The van der Waals surface area contributed by atoms with Gasteiger partial charge in [0, 0.05) is 18.5 Å². The lowest BCUT2D eigenvalue weighted by Gasteiger charge is -2.29. The molecule has 4 unspecified atom stereocenters. The number of nitrogens with zero attached hydrogens (tertiary/aromatic N) is 1. The molecular weight excluding hydrogens is 284 g/mol. The summed E-state index contributed by atoms with van der Waals surface area (Å²) in [6.07, 6.45) is 4.59. The second kappa shape index (κ2) is 8.24. The maximum Gasteiger partial charge on any atom is 0.221 e. The molecule has 1 amide bonds. The topological polar surface area (TPSA) is 93.0 Å². The van der Waals surface area contributed by atoms with Crippen LogP contribution in [0.5, 0.6) is 0 Å². The second-order valence-corrected chi connectivity index (χ2v) is 6.64. The number of aliphatic hydroxyl groups is 3. The zero-order valence-corrected chi connectivity index (χ0v) is 13.4. The van der Waals surface area contributed by atoms with Crippen LogP contribution in [0.4, 0.5) is 0 Å². The molecule has 4 N–H and O–H groups in total. The normalized spacial score (nSPS) is 32.4. The molecule has 1 heterocycles. The van der Waals surface area contributed by atoms with E-state index in [9.17, 15) is 20.1 Å². The summed E-state index contributed by atoms with van der Waals surface area (Å²) in [6.45, 7) is 2.64. The minimum Gasteiger partial charge on any atom is -0.395 e. The summed E-state index contributed by atoms with van der Waals surface area (Å²) < 4.78 is 0. The van der Waals surface area contributed by atoms with Crippen LogP contribution in [0, 0.1) is 0 Å². The maximum absolute atomic E-state index is 12.0. The van der Waals surface area contributed by atoms with Gasteiger partial charge in [-0.1, -0.05) is 26.2 Å². The maximum atomic E-state index is 12.0. The highest BCUT2D eigenvalue weighted by atomic mass is 16.3. The minimum absolute atomic E-state index is 0.0732. The van der Waals surface area contributed by atoms with Crippen molar-refractivity contribution in [2.75, 3.05) is 13.2 Å². The van der Waals surface area contributed by atoms with Gasteiger partial charge in [0.15, 0.2) is 0 Å². The average Bonchev–Trinajstić information content (AvgIpc) is 3.27. The number of aliphatic hydroxyl groups excluding tert-OH is 3. The zero-order valence-electron chi connectivity index (χ0n) is 13.4. The third kappa shape index (κ3) is 4.41. The number of amides is 1. The van der Waals surface area contributed by atoms with E-state index >= 15 is 0 Å². The summed E-state index contributed by atoms with van der Waals surface area (Å²) in [7, 11) is 0. The summed E-state index contributed by atoms with van der Waals surface area (Å²) >= 11 is 0. The Balaban J connectivity index is 1.93. The van der Waals surface area contributed by atoms with Gasteiger partial charge in [-0.25, -0.2) is 0 Å². The van der Waals surface area contributed by atoms with Gasteiger partial charge in [0.2, 0.25) is 5.91 Å². The predicted octanol–water partition coefficient (Wildman–Crippen LogP) is 0.00230. The molecule has 1 aliphatic carbocycles. The predicted molar refractivity (Wildman–Crippen MR) is 83.3 cm³/mol. The number of nitrogens with one attached hydrogen (secondary N) is 1. The molecule has 1 saturated heterocycles. The monoisotopic (exact) mass is 314 g/mol. The lowest BCUT2D eigenvalue weighted by molar-refractivity contribution is -0.123. The van der Waals surface area contributed by atoms with Gasteiger partial charge >= 0.3 is 0 Å². The van der Waals surface area contributed by atoms with Crippen molar-refractivity contribution in [2.24, 2.45) is 0 Å². The van der Waals surface area contributed by atoms with Gasteiger partial charge in [-0.2, -0.15) is 0 Å².